The van der Waals surface area contributed by atoms with Gasteiger partial charge in [-0.3, -0.25) is 9.59 Å². The number of nitrogens with one attached hydrogen (secondary N) is 2. The molecule has 7 heteroatoms. The van der Waals surface area contributed by atoms with E-state index in [4.69, 9.17) is 0 Å². The second kappa shape index (κ2) is 9.17. The Balaban J connectivity index is 1.25. The standard InChI is InChI=1S/C31H30N4O3/c1-20(28(36)32-19-25(21-11-5-3-6-12-21)22-13-7-4-8-14-22)35-29(37)31(2)27-24(17-18-34(31)30(35)38)23-15-9-10-16-26(23)33-27/h3-16,20,25,33H,17-19H2,1-2H3,(H,32,36). The zero-order valence-corrected chi connectivity index (χ0v) is 21.5. The summed E-state index contributed by atoms with van der Waals surface area (Å²) in [6, 6.07) is 26.6. The van der Waals surface area contributed by atoms with Crippen LogP contribution in [0.5, 0.6) is 0 Å². The molecular weight excluding hydrogens is 476 g/mol. The number of carbonyl (C=O) groups excluding carboxylic acids is 3. The number of aromatic nitrogens is 1. The number of fused-ring (bicyclic) bond motifs is 5. The molecule has 2 atom stereocenters. The number of imide groups is 1. The van der Waals surface area contributed by atoms with Gasteiger partial charge < -0.3 is 15.2 Å². The smallest absolute Gasteiger partial charge is 0.328 e. The topological polar surface area (TPSA) is 85.5 Å². The zero-order valence-electron chi connectivity index (χ0n) is 21.5. The molecule has 7 nitrogen and oxygen atoms in total. The molecule has 4 aromatic rings. The van der Waals surface area contributed by atoms with Crippen LogP contribution in [-0.2, 0) is 21.5 Å². The van der Waals surface area contributed by atoms with Crippen molar-refractivity contribution in [1.29, 1.82) is 0 Å². The van der Waals surface area contributed by atoms with Crippen LogP contribution in [0.15, 0.2) is 84.9 Å². The normalized spacial score (nSPS) is 19.6. The molecule has 38 heavy (non-hydrogen) atoms. The molecule has 0 aliphatic carbocycles. The lowest BCUT2D eigenvalue weighted by atomic mass is 9.87. The third-order valence-electron chi connectivity index (χ3n) is 8.15. The fourth-order valence-electron chi connectivity index (χ4n) is 6.03. The van der Waals surface area contributed by atoms with Gasteiger partial charge in [-0.05, 0) is 43.0 Å². The van der Waals surface area contributed by atoms with Gasteiger partial charge in [0.05, 0.1) is 5.69 Å². The zero-order chi connectivity index (χ0) is 26.4. The lowest BCUT2D eigenvalue weighted by Gasteiger charge is -2.36. The first-order valence-electron chi connectivity index (χ1n) is 13.0. The van der Waals surface area contributed by atoms with Crippen molar-refractivity contribution in [3.05, 3.63) is 107 Å². The van der Waals surface area contributed by atoms with E-state index in [-0.39, 0.29) is 17.7 Å². The summed E-state index contributed by atoms with van der Waals surface area (Å²) in [5.74, 6) is -0.791. The number of aromatic amines is 1. The quantitative estimate of drug-likeness (QED) is 0.377. The number of rotatable bonds is 6. The SMILES string of the molecule is CC(C(=O)NCC(c1ccccc1)c1ccccc1)N1C(=O)N2CCc3c([nH]c4ccccc34)C2(C)C1=O. The van der Waals surface area contributed by atoms with Crippen LogP contribution in [0.1, 0.15) is 42.1 Å². The van der Waals surface area contributed by atoms with E-state index in [9.17, 15) is 14.4 Å². The average Bonchev–Trinajstić information content (AvgIpc) is 3.42. The van der Waals surface area contributed by atoms with Crippen LogP contribution >= 0.6 is 0 Å². The first kappa shape index (κ1) is 24.0. The number of amides is 4. The highest BCUT2D eigenvalue weighted by atomic mass is 16.2. The predicted molar refractivity (Wildman–Crippen MR) is 146 cm³/mol. The number of urea groups is 1. The summed E-state index contributed by atoms with van der Waals surface area (Å²) in [6.45, 7) is 4.18. The van der Waals surface area contributed by atoms with E-state index in [0.29, 0.717) is 19.5 Å². The molecule has 2 N–H and O–H groups in total. The van der Waals surface area contributed by atoms with Gasteiger partial charge in [-0.2, -0.15) is 0 Å². The summed E-state index contributed by atoms with van der Waals surface area (Å²) in [5, 5.41) is 4.09. The van der Waals surface area contributed by atoms with Crippen molar-refractivity contribution in [2.24, 2.45) is 0 Å². The van der Waals surface area contributed by atoms with Crippen molar-refractivity contribution in [3.8, 4) is 0 Å². The van der Waals surface area contributed by atoms with Crippen LogP contribution in [-0.4, -0.2) is 51.8 Å². The summed E-state index contributed by atoms with van der Waals surface area (Å²) in [4.78, 5) is 47.0. The molecule has 0 saturated carbocycles. The lowest BCUT2D eigenvalue weighted by molar-refractivity contribution is -0.139. The highest BCUT2D eigenvalue weighted by molar-refractivity contribution is 6.10. The molecule has 3 heterocycles. The van der Waals surface area contributed by atoms with Crippen LogP contribution in [0.3, 0.4) is 0 Å². The Hall–Kier alpha value is -4.39. The molecule has 2 aliphatic heterocycles. The monoisotopic (exact) mass is 506 g/mol. The third-order valence-corrected chi connectivity index (χ3v) is 8.15. The van der Waals surface area contributed by atoms with Crippen molar-refractivity contribution in [3.63, 3.8) is 0 Å². The number of nitrogens with zero attached hydrogens (tertiary/aromatic N) is 2. The number of carbonyl (C=O) groups is 3. The van der Waals surface area contributed by atoms with E-state index in [1.165, 1.54) is 0 Å². The molecule has 1 aromatic heterocycles. The minimum absolute atomic E-state index is 0.0590. The van der Waals surface area contributed by atoms with Crippen LogP contribution in [0, 0.1) is 0 Å². The van der Waals surface area contributed by atoms with Gasteiger partial charge in [0.1, 0.15) is 6.04 Å². The molecule has 6 rings (SSSR count). The molecule has 2 unspecified atom stereocenters. The molecule has 192 valence electrons. The van der Waals surface area contributed by atoms with Gasteiger partial charge in [-0.15, -0.1) is 0 Å². The van der Waals surface area contributed by atoms with Crippen molar-refractivity contribution in [1.82, 2.24) is 20.1 Å². The maximum Gasteiger partial charge on any atom is 0.328 e. The summed E-state index contributed by atoms with van der Waals surface area (Å²) in [5.41, 5.74) is 3.74. The van der Waals surface area contributed by atoms with Crippen molar-refractivity contribution in [2.75, 3.05) is 13.1 Å². The van der Waals surface area contributed by atoms with Crippen molar-refractivity contribution >= 4 is 28.7 Å². The van der Waals surface area contributed by atoms with Gasteiger partial charge in [0.25, 0.3) is 5.91 Å². The Morgan fingerprint density at radius 3 is 2.21 bits per heavy atom. The van der Waals surface area contributed by atoms with Crippen LogP contribution in [0.2, 0.25) is 0 Å². The Morgan fingerprint density at radius 2 is 1.55 bits per heavy atom. The number of hydrogen-bond donors (Lipinski definition) is 2. The lowest BCUT2D eigenvalue weighted by Crippen LogP contribution is -2.50. The Kier molecular flexibility index (Phi) is 5.79. The number of para-hydroxylation sites is 1. The van der Waals surface area contributed by atoms with Crippen molar-refractivity contribution < 1.29 is 14.4 Å². The minimum Gasteiger partial charge on any atom is -0.356 e. The van der Waals surface area contributed by atoms with Crippen LogP contribution in [0.4, 0.5) is 4.79 Å². The summed E-state index contributed by atoms with van der Waals surface area (Å²) < 4.78 is 0. The van der Waals surface area contributed by atoms with Gasteiger partial charge in [0.15, 0.2) is 5.54 Å². The van der Waals surface area contributed by atoms with Gasteiger partial charge in [0, 0.05) is 29.9 Å². The van der Waals surface area contributed by atoms with Gasteiger partial charge >= 0.3 is 6.03 Å². The van der Waals surface area contributed by atoms with E-state index in [1.54, 1.807) is 18.7 Å². The molecule has 1 saturated heterocycles. The Labute approximate surface area is 221 Å². The van der Waals surface area contributed by atoms with Gasteiger partial charge in [0.2, 0.25) is 5.91 Å². The molecule has 1 fully saturated rings. The largest absolute Gasteiger partial charge is 0.356 e. The summed E-state index contributed by atoms with van der Waals surface area (Å²) in [6.07, 6.45) is 0.651. The Morgan fingerprint density at radius 1 is 0.947 bits per heavy atom. The van der Waals surface area contributed by atoms with Crippen LogP contribution < -0.4 is 5.32 Å². The maximum absolute atomic E-state index is 13.9. The van der Waals surface area contributed by atoms with E-state index in [1.807, 2.05) is 84.9 Å². The first-order valence-corrected chi connectivity index (χ1v) is 13.0. The summed E-state index contributed by atoms with van der Waals surface area (Å²) >= 11 is 0. The molecule has 3 aromatic carbocycles. The van der Waals surface area contributed by atoms with Crippen molar-refractivity contribution in [2.45, 2.75) is 37.8 Å². The highest BCUT2D eigenvalue weighted by Gasteiger charge is 2.60. The van der Waals surface area contributed by atoms with Crippen LogP contribution in [0.25, 0.3) is 10.9 Å². The van der Waals surface area contributed by atoms with E-state index >= 15 is 0 Å². The van der Waals surface area contributed by atoms with Gasteiger partial charge in [-0.1, -0.05) is 78.9 Å². The van der Waals surface area contributed by atoms with E-state index < -0.39 is 17.6 Å². The third kappa shape index (κ3) is 3.61. The molecule has 0 bridgehead atoms. The second-order valence-corrected chi connectivity index (χ2v) is 10.3. The fourth-order valence-corrected chi connectivity index (χ4v) is 6.03. The second-order valence-electron chi connectivity index (χ2n) is 10.3. The van der Waals surface area contributed by atoms with E-state index in [0.717, 1.165) is 38.2 Å². The molecule has 0 radical (unpaired) electrons. The fraction of sp³-hybridized carbons (Fsp3) is 0.258. The molecule has 4 amide bonds. The first-order chi connectivity index (χ1) is 18.4. The minimum atomic E-state index is -1.17. The molecule has 2 aliphatic rings. The number of H-pyrrole nitrogens is 1. The molecular formula is C31H30N4O3. The maximum atomic E-state index is 13.9. The number of hydrogen-bond acceptors (Lipinski definition) is 3. The highest BCUT2D eigenvalue weighted by Crippen LogP contribution is 2.44. The average molecular weight is 507 g/mol. The van der Waals surface area contributed by atoms with Gasteiger partial charge in [-0.25, -0.2) is 9.69 Å². The predicted octanol–water partition coefficient (Wildman–Crippen LogP) is 4.54. The molecule has 0 spiro atoms. The number of benzene rings is 3. The van der Waals surface area contributed by atoms with E-state index in [2.05, 4.69) is 10.3 Å². The summed E-state index contributed by atoms with van der Waals surface area (Å²) in [7, 11) is 0. The Bertz CT molecular complexity index is 1490.